The highest BCUT2D eigenvalue weighted by Crippen LogP contribution is 2.24. The first kappa shape index (κ1) is 13.0. The number of phenols is 2. The van der Waals surface area contributed by atoms with Crippen LogP contribution in [-0.2, 0) is 0 Å². The fraction of sp³-hybridized carbons (Fsp3) is 0.133. The van der Waals surface area contributed by atoms with Crippen LogP contribution in [0, 0.1) is 6.92 Å². The quantitative estimate of drug-likeness (QED) is 0.655. The van der Waals surface area contributed by atoms with Crippen molar-refractivity contribution in [2.24, 2.45) is 4.99 Å². The standard InChI is InChI=1S/C15H15NO3/c1-10-7-12(3-6-15(10)19-2)16-9-11-8-13(17)4-5-14(11)18/h3-9,17-18H,1-2H3. The Bertz CT molecular complexity index is 621. The van der Waals surface area contributed by atoms with Crippen molar-refractivity contribution in [2.75, 3.05) is 7.11 Å². The van der Waals surface area contributed by atoms with E-state index in [-0.39, 0.29) is 11.5 Å². The van der Waals surface area contributed by atoms with Crippen LogP contribution in [-0.4, -0.2) is 23.5 Å². The molecule has 2 aromatic rings. The van der Waals surface area contributed by atoms with E-state index in [0.717, 1.165) is 17.0 Å². The molecule has 4 heteroatoms. The molecule has 0 aliphatic carbocycles. The van der Waals surface area contributed by atoms with Crippen molar-refractivity contribution in [3.8, 4) is 17.2 Å². The molecular formula is C15H15NO3. The third-order valence-corrected chi connectivity index (χ3v) is 2.74. The van der Waals surface area contributed by atoms with Crippen LogP contribution in [0.1, 0.15) is 11.1 Å². The molecule has 0 unspecified atom stereocenters. The number of methoxy groups -OCH3 is 1. The van der Waals surface area contributed by atoms with Crippen LogP contribution in [0.15, 0.2) is 41.4 Å². The van der Waals surface area contributed by atoms with E-state index in [0.29, 0.717) is 5.56 Å². The second-order valence-corrected chi connectivity index (χ2v) is 4.16. The van der Waals surface area contributed by atoms with Gasteiger partial charge in [-0.1, -0.05) is 0 Å². The number of nitrogens with zero attached hydrogens (tertiary/aromatic N) is 1. The van der Waals surface area contributed by atoms with Crippen molar-refractivity contribution in [3.63, 3.8) is 0 Å². The third kappa shape index (κ3) is 3.04. The number of benzene rings is 2. The van der Waals surface area contributed by atoms with Gasteiger partial charge in [-0.05, 0) is 48.9 Å². The van der Waals surface area contributed by atoms with E-state index in [2.05, 4.69) is 4.99 Å². The molecule has 0 spiro atoms. The van der Waals surface area contributed by atoms with Gasteiger partial charge >= 0.3 is 0 Å². The van der Waals surface area contributed by atoms with E-state index in [1.807, 2.05) is 25.1 Å². The molecule has 0 fully saturated rings. The number of hydrogen-bond donors (Lipinski definition) is 2. The van der Waals surface area contributed by atoms with Crippen molar-refractivity contribution < 1.29 is 14.9 Å². The Morgan fingerprint density at radius 3 is 2.58 bits per heavy atom. The molecule has 0 aromatic heterocycles. The fourth-order valence-electron chi connectivity index (χ4n) is 1.73. The number of aryl methyl sites for hydroxylation is 1. The monoisotopic (exact) mass is 257 g/mol. The van der Waals surface area contributed by atoms with Gasteiger partial charge in [0.15, 0.2) is 0 Å². The van der Waals surface area contributed by atoms with Gasteiger partial charge in [-0.3, -0.25) is 4.99 Å². The molecule has 2 aromatic carbocycles. The van der Waals surface area contributed by atoms with Gasteiger partial charge in [0.1, 0.15) is 17.2 Å². The highest BCUT2D eigenvalue weighted by atomic mass is 16.5. The summed E-state index contributed by atoms with van der Waals surface area (Å²) in [6.45, 7) is 1.93. The predicted octanol–water partition coefficient (Wildman–Crippen LogP) is 3.17. The Hall–Kier alpha value is -2.49. The van der Waals surface area contributed by atoms with Crippen LogP contribution in [0.4, 0.5) is 5.69 Å². The summed E-state index contributed by atoms with van der Waals surface area (Å²) >= 11 is 0. The summed E-state index contributed by atoms with van der Waals surface area (Å²) < 4.78 is 5.17. The Morgan fingerprint density at radius 2 is 1.89 bits per heavy atom. The number of aromatic hydroxyl groups is 2. The van der Waals surface area contributed by atoms with Gasteiger partial charge < -0.3 is 14.9 Å². The molecule has 0 aliphatic rings. The van der Waals surface area contributed by atoms with Crippen LogP contribution >= 0.6 is 0 Å². The molecule has 0 heterocycles. The first-order valence-corrected chi connectivity index (χ1v) is 5.81. The normalized spacial score (nSPS) is 10.8. The van der Waals surface area contributed by atoms with E-state index in [1.165, 1.54) is 24.4 Å². The van der Waals surface area contributed by atoms with E-state index in [4.69, 9.17) is 4.74 Å². The van der Waals surface area contributed by atoms with E-state index >= 15 is 0 Å². The van der Waals surface area contributed by atoms with Crippen LogP contribution in [0.3, 0.4) is 0 Å². The molecule has 0 amide bonds. The average molecular weight is 257 g/mol. The summed E-state index contributed by atoms with van der Waals surface area (Å²) in [5, 5.41) is 19.0. The highest BCUT2D eigenvalue weighted by Gasteiger charge is 2.01. The second kappa shape index (κ2) is 5.44. The molecule has 0 bridgehead atoms. The summed E-state index contributed by atoms with van der Waals surface area (Å²) in [4.78, 5) is 4.26. The Labute approximate surface area is 111 Å². The Morgan fingerprint density at radius 1 is 1.11 bits per heavy atom. The maximum Gasteiger partial charge on any atom is 0.124 e. The molecule has 0 atom stereocenters. The first-order chi connectivity index (χ1) is 9.10. The smallest absolute Gasteiger partial charge is 0.124 e. The summed E-state index contributed by atoms with van der Waals surface area (Å²) in [7, 11) is 1.62. The minimum absolute atomic E-state index is 0.0757. The minimum Gasteiger partial charge on any atom is -0.508 e. The molecule has 0 saturated heterocycles. The summed E-state index contributed by atoms with van der Waals surface area (Å²) in [5.41, 5.74) is 2.20. The zero-order valence-electron chi connectivity index (χ0n) is 10.8. The van der Waals surface area contributed by atoms with Gasteiger partial charge in [0.05, 0.1) is 12.8 Å². The van der Waals surface area contributed by atoms with Gasteiger partial charge in [0, 0.05) is 11.8 Å². The lowest BCUT2D eigenvalue weighted by Gasteiger charge is -2.04. The molecule has 0 radical (unpaired) electrons. The number of ether oxygens (including phenoxy) is 1. The SMILES string of the molecule is COc1ccc(N=Cc2cc(O)ccc2O)cc1C. The molecule has 19 heavy (non-hydrogen) atoms. The van der Waals surface area contributed by atoms with Crippen LogP contribution in [0.5, 0.6) is 17.2 Å². The number of aliphatic imine (C=N–C) groups is 1. The van der Waals surface area contributed by atoms with Crippen LogP contribution in [0.25, 0.3) is 0 Å². The largest absolute Gasteiger partial charge is 0.508 e. The average Bonchev–Trinajstić information content (AvgIpc) is 2.40. The van der Waals surface area contributed by atoms with E-state index < -0.39 is 0 Å². The van der Waals surface area contributed by atoms with Gasteiger partial charge in [-0.2, -0.15) is 0 Å². The van der Waals surface area contributed by atoms with Gasteiger partial charge in [-0.15, -0.1) is 0 Å². The van der Waals surface area contributed by atoms with Gasteiger partial charge in [0.2, 0.25) is 0 Å². The number of phenolic OH excluding ortho intramolecular Hbond substituents is 2. The number of hydrogen-bond acceptors (Lipinski definition) is 4. The first-order valence-electron chi connectivity index (χ1n) is 5.81. The molecule has 4 nitrogen and oxygen atoms in total. The van der Waals surface area contributed by atoms with E-state index in [9.17, 15) is 10.2 Å². The minimum atomic E-state index is 0.0757. The molecule has 0 aliphatic heterocycles. The fourth-order valence-corrected chi connectivity index (χ4v) is 1.73. The maximum atomic E-state index is 9.63. The van der Waals surface area contributed by atoms with Crippen LogP contribution in [0.2, 0.25) is 0 Å². The molecule has 2 N–H and O–H groups in total. The van der Waals surface area contributed by atoms with Crippen molar-refractivity contribution in [1.29, 1.82) is 0 Å². The lowest BCUT2D eigenvalue weighted by molar-refractivity contribution is 0.412. The maximum absolute atomic E-state index is 9.63. The Balaban J connectivity index is 2.27. The number of rotatable bonds is 3. The molecular weight excluding hydrogens is 242 g/mol. The summed E-state index contributed by atoms with van der Waals surface area (Å²) in [6.07, 6.45) is 1.51. The highest BCUT2D eigenvalue weighted by molar-refractivity contribution is 5.86. The topological polar surface area (TPSA) is 62.0 Å². The van der Waals surface area contributed by atoms with E-state index in [1.54, 1.807) is 7.11 Å². The van der Waals surface area contributed by atoms with Crippen molar-refractivity contribution in [1.82, 2.24) is 0 Å². The van der Waals surface area contributed by atoms with Gasteiger partial charge in [0.25, 0.3) is 0 Å². The van der Waals surface area contributed by atoms with Crippen LogP contribution < -0.4 is 4.74 Å². The zero-order valence-corrected chi connectivity index (χ0v) is 10.8. The molecule has 0 saturated carbocycles. The third-order valence-electron chi connectivity index (χ3n) is 2.74. The lowest BCUT2D eigenvalue weighted by atomic mass is 10.2. The van der Waals surface area contributed by atoms with Crippen molar-refractivity contribution >= 4 is 11.9 Å². The summed E-state index contributed by atoms with van der Waals surface area (Å²) in [6, 6.07) is 9.84. The molecule has 2 rings (SSSR count). The predicted molar refractivity (Wildman–Crippen MR) is 74.8 cm³/mol. The second-order valence-electron chi connectivity index (χ2n) is 4.16. The molecule has 98 valence electrons. The zero-order chi connectivity index (χ0) is 13.8. The summed E-state index contributed by atoms with van der Waals surface area (Å²) in [5.74, 6) is 0.969. The lowest BCUT2D eigenvalue weighted by Crippen LogP contribution is -1.86. The van der Waals surface area contributed by atoms with Gasteiger partial charge in [-0.25, -0.2) is 0 Å². The van der Waals surface area contributed by atoms with Crippen molar-refractivity contribution in [3.05, 3.63) is 47.5 Å². The van der Waals surface area contributed by atoms with Crippen molar-refractivity contribution in [2.45, 2.75) is 6.92 Å². The Kier molecular flexibility index (Phi) is 3.71.